The second kappa shape index (κ2) is 12.3. The van der Waals surface area contributed by atoms with Crippen LogP contribution in [0.15, 0.2) is 47.4 Å². The summed E-state index contributed by atoms with van der Waals surface area (Å²) in [5, 5.41) is 19.1. The van der Waals surface area contributed by atoms with E-state index in [2.05, 4.69) is 15.1 Å². The first kappa shape index (κ1) is 29.0. The molecule has 0 atom stereocenters. The molecule has 0 bridgehead atoms. The molecule has 0 aliphatic carbocycles. The van der Waals surface area contributed by atoms with Crippen molar-refractivity contribution >= 4 is 33.2 Å². The lowest BCUT2D eigenvalue weighted by atomic mass is 10.2. The van der Waals surface area contributed by atoms with Crippen molar-refractivity contribution in [3.05, 3.63) is 68.9 Å². The average Bonchev–Trinajstić information content (AvgIpc) is 3.19. The number of nitro groups is 1. The van der Waals surface area contributed by atoms with Crippen molar-refractivity contribution in [1.82, 2.24) is 19.8 Å². The lowest BCUT2D eigenvalue weighted by molar-refractivity contribution is -0.385. The van der Waals surface area contributed by atoms with Gasteiger partial charge in [0.05, 0.1) is 17.2 Å². The summed E-state index contributed by atoms with van der Waals surface area (Å²) in [6.07, 6.45) is 0. The molecule has 204 valence electrons. The highest BCUT2D eigenvalue weighted by atomic mass is 35.5. The van der Waals surface area contributed by atoms with Crippen molar-refractivity contribution in [3.8, 4) is 17.3 Å². The van der Waals surface area contributed by atoms with Crippen LogP contribution in [0.3, 0.4) is 0 Å². The van der Waals surface area contributed by atoms with Gasteiger partial charge in [0.15, 0.2) is 5.69 Å². The number of amides is 1. The molecule has 14 heteroatoms. The van der Waals surface area contributed by atoms with Crippen molar-refractivity contribution in [2.45, 2.75) is 25.7 Å². The van der Waals surface area contributed by atoms with Crippen LogP contribution in [-0.4, -0.2) is 55.8 Å². The van der Waals surface area contributed by atoms with E-state index in [1.165, 1.54) is 17.9 Å². The van der Waals surface area contributed by atoms with Crippen LogP contribution in [0.1, 0.15) is 29.9 Å². The number of hydrogen-bond donors (Lipinski definition) is 2. The Hall–Kier alpha value is -3.52. The van der Waals surface area contributed by atoms with E-state index in [1.54, 1.807) is 31.2 Å². The van der Waals surface area contributed by atoms with Crippen LogP contribution >= 0.6 is 11.6 Å². The summed E-state index contributed by atoms with van der Waals surface area (Å²) in [4.78, 5) is 23.1. The lowest BCUT2D eigenvalue weighted by Gasteiger charge is -2.14. The van der Waals surface area contributed by atoms with Crippen molar-refractivity contribution < 1.29 is 27.6 Å². The topological polar surface area (TPSA) is 155 Å². The highest BCUT2D eigenvalue weighted by molar-refractivity contribution is 7.89. The smallest absolute Gasteiger partial charge is 0.272 e. The number of methoxy groups -OCH3 is 1. The van der Waals surface area contributed by atoms with Gasteiger partial charge in [-0.1, -0.05) is 25.4 Å². The normalized spacial score (nSPS) is 11.5. The van der Waals surface area contributed by atoms with Gasteiger partial charge in [0, 0.05) is 42.9 Å². The zero-order chi connectivity index (χ0) is 28.0. The Morgan fingerprint density at radius 1 is 1.21 bits per heavy atom. The van der Waals surface area contributed by atoms with Gasteiger partial charge in [0.2, 0.25) is 15.9 Å². The fourth-order valence-electron chi connectivity index (χ4n) is 3.32. The van der Waals surface area contributed by atoms with Crippen LogP contribution in [0.25, 0.3) is 5.69 Å². The Labute approximate surface area is 225 Å². The van der Waals surface area contributed by atoms with Crippen LogP contribution in [0.5, 0.6) is 11.6 Å². The van der Waals surface area contributed by atoms with Crippen molar-refractivity contribution in [1.29, 1.82) is 0 Å². The van der Waals surface area contributed by atoms with Gasteiger partial charge in [-0.05, 0) is 43.2 Å². The Morgan fingerprint density at radius 3 is 2.50 bits per heavy atom. The Balaban J connectivity index is 2.14. The summed E-state index contributed by atoms with van der Waals surface area (Å²) in [6.45, 7) is 5.94. The van der Waals surface area contributed by atoms with Crippen molar-refractivity contribution in [2.24, 2.45) is 5.92 Å². The molecular weight excluding hydrogens is 538 g/mol. The minimum Gasteiger partial charge on any atom is -0.437 e. The molecule has 0 saturated carbocycles. The number of rotatable bonds is 12. The average molecular weight is 566 g/mol. The van der Waals surface area contributed by atoms with Gasteiger partial charge in [-0.2, -0.15) is 9.78 Å². The molecule has 0 aliphatic heterocycles. The third-order valence-corrected chi connectivity index (χ3v) is 6.99. The third-order valence-electron chi connectivity index (χ3n) is 5.26. The van der Waals surface area contributed by atoms with Gasteiger partial charge in [0.25, 0.3) is 11.6 Å². The molecule has 0 saturated heterocycles. The molecule has 1 amide bonds. The summed E-state index contributed by atoms with van der Waals surface area (Å²) in [5.74, 6) is -0.393. The maximum absolute atomic E-state index is 13.1. The number of aromatic nitrogens is 2. The fourth-order valence-corrected chi connectivity index (χ4v) is 4.60. The Bertz CT molecular complexity index is 1420. The van der Waals surface area contributed by atoms with Gasteiger partial charge in [-0.3, -0.25) is 14.9 Å². The van der Waals surface area contributed by atoms with E-state index in [4.69, 9.17) is 21.1 Å². The van der Waals surface area contributed by atoms with Crippen LogP contribution in [0.4, 0.5) is 5.69 Å². The van der Waals surface area contributed by atoms with E-state index in [1.807, 2.05) is 13.8 Å². The summed E-state index contributed by atoms with van der Waals surface area (Å²) < 4.78 is 40.7. The van der Waals surface area contributed by atoms with Crippen LogP contribution in [-0.2, 0) is 14.8 Å². The van der Waals surface area contributed by atoms with E-state index in [0.29, 0.717) is 22.8 Å². The molecule has 12 nitrogen and oxygen atoms in total. The molecule has 0 spiro atoms. The molecule has 0 unspecified atom stereocenters. The van der Waals surface area contributed by atoms with Gasteiger partial charge < -0.3 is 14.8 Å². The molecule has 38 heavy (non-hydrogen) atoms. The van der Waals surface area contributed by atoms with Crippen LogP contribution < -0.4 is 14.8 Å². The number of sulfonamides is 1. The number of carbonyl (C=O) groups is 1. The molecule has 2 N–H and O–H groups in total. The highest BCUT2D eigenvalue weighted by Gasteiger charge is 2.27. The standard InChI is InChI=1S/C24H28ClN5O7S/c1-15(2)14-26-23(31)22-16(3)24(29(28-22)18-7-5-17(25)6-8-18)37-20-10-9-19(30(32)33)13-21(20)38(34,35)27-11-12-36-4/h5-10,13,15,27H,11-12,14H2,1-4H3,(H,26,31). The van der Waals surface area contributed by atoms with Gasteiger partial charge in [0.1, 0.15) is 10.6 Å². The Kier molecular flexibility index (Phi) is 9.44. The summed E-state index contributed by atoms with van der Waals surface area (Å²) in [5.41, 5.74) is 0.441. The molecule has 0 fully saturated rings. The largest absolute Gasteiger partial charge is 0.437 e. The molecule has 1 heterocycles. The summed E-state index contributed by atoms with van der Waals surface area (Å²) >= 11 is 6.03. The predicted octanol–water partition coefficient (Wildman–Crippen LogP) is 3.85. The number of benzene rings is 2. The second-order valence-corrected chi connectivity index (χ2v) is 10.8. The maximum Gasteiger partial charge on any atom is 0.272 e. The number of halogens is 1. The molecular formula is C24H28ClN5O7S. The minimum atomic E-state index is -4.25. The van der Waals surface area contributed by atoms with E-state index < -0.39 is 31.4 Å². The molecule has 0 aliphatic rings. The van der Waals surface area contributed by atoms with Crippen molar-refractivity contribution in [2.75, 3.05) is 26.8 Å². The van der Waals surface area contributed by atoms with E-state index in [-0.39, 0.29) is 36.4 Å². The SMILES string of the molecule is COCCNS(=O)(=O)c1cc([N+](=O)[O-])ccc1Oc1c(C)c(C(=O)NCC(C)C)nn1-c1ccc(Cl)cc1. The summed E-state index contributed by atoms with van der Waals surface area (Å²) in [7, 11) is -2.84. The number of nitrogens with one attached hydrogen (secondary N) is 2. The first-order valence-electron chi connectivity index (χ1n) is 11.5. The maximum atomic E-state index is 13.1. The molecule has 1 aromatic heterocycles. The van der Waals surface area contributed by atoms with Crippen molar-refractivity contribution in [3.63, 3.8) is 0 Å². The molecule has 0 radical (unpaired) electrons. The highest BCUT2D eigenvalue weighted by Crippen LogP contribution is 2.35. The third kappa shape index (κ3) is 6.86. The monoisotopic (exact) mass is 565 g/mol. The molecule has 2 aromatic carbocycles. The number of hydrogen-bond acceptors (Lipinski definition) is 8. The van der Waals surface area contributed by atoms with Gasteiger partial charge >= 0.3 is 0 Å². The Morgan fingerprint density at radius 2 is 1.89 bits per heavy atom. The first-order valence-corrected chi connectivity index (χ1v) is 13.4. The number of non-ortho nitro benzene ring substituents is 1. The first-order chi connectivity index (χ1) is 17.9. The van der Waals surface area contributed by atoms with E-state index in [0.717, 1.165) is 12.1 Å². The fraction of sp³-hybridized carbons (Fsp3) is 0.333. The minimum absolute atomic E-state index is 0.0456. The molecule has 3 aromatic rings. The quantitative estimate of drug-likeness (QED) is 0.191. The summed E-state index contributed by atoms with van der Waals surface area (Å²) in [6, 6.07) is 9.75. The van der Waals surface area contributed by atoms with E-state index in [9.17, 15) is 23.3 Å². The van der Waals surface area contributed by atoms with Crippen LogP contribution in [0.2, 0.25) is 5.02 Å². The van der Waals surface area contributed by atoms with E-state index >= 15 is 0 Å². The van der Waals surface area contributed by atoms with Gasteiger partial charge in [-0.25, -0.2) is 13.1 Å². The van der Waals surface area contributed by atoms with Crippen LogP contribution in [0, 0.1) is 23.0 Å². The van der Waals surface area contributed by atoms with Gasteiger partial charge in [-0.15, -0.1) is 0 Å². The zero-order valence-electron chi connectivity index (χ0n) is 21.2. The second-order valence-electron chi connectivity index (χ2n) is 8.65. The number of carbonyl (C=O) groups excluding carboxylic acids is 1. The zero-order valence-corrected chi connectivity index (χ0v) is 22.8. The molecule has 3 rings (SSSR count). The predicted molar refractivity (Wildman–Crippen MR) is 141 cm³/mol. The lowest BCUT2D eigenvalue weighted by Crippen LogP contribution is -2.28. The number of nitrogens with zero attached hydrogens (tertiary/aromatic N) is 3. The number of nitro benzene ring substituents is 1. The number of ether oxygens (including phenoxy) is 2.